The Bertz CT molecular complexity index is 12.9. The molecule has 60 valence electrons. The first-order valence-electron chi connectivity index (χ1n) is 0. The van der Waals surface area contributed by atoms with Crippen molar-refractivity contribution in [3.05, 3.63) is 0 Å². The first-order valence-corrected chi connectivity index (χ1v) is 0. The molecule has 0 N–H and O–H groups in total. The van der Waals surface area contributed by atoms with E-state index >= 15 is 0 Å². The van der Waals surface area contributed by atoms with Gasteiger partial charge in [0.1, 0.15) is 0 Å². The van der Waals surface area contributed by atoms with Crippen molar-refractivity contribution in [1.82, 2.24) is 0 Å². The van der Waals surface area contributed by atoms with Gasteiger partial charge in [0.05, 0.1) is 0 Å². The Morgan fingerprint density at radius 2 is 0.333 bits per heavy atom. The van der Waals surface area contributed by atoms with Crippen LogP contribution in [0.25, 0.3) is 0 Å². The maximum Gasteiger partial charge on any atom is 2.00 e. The van der Waals surface area contributed by atoms with Crippen LogP contribution in [0.15, 0.2) is 0 Å². The van der Waals surface area contributed by atoms with Gasteiger partial charge >= 0.3 is 34.1 Å². The molecule has 0 spiro atoms. The van der Waals surface area contributed by atoms with Gasteiger partial charge in [-0.1, -0.05) is 0 Å². The van der Waals surface area contributed by atoms with Crippen LogP contribution < -0.4 is 0 Å². The van der Waals surface area contributed by atoms with E-state index in [1.54, 1.807) is 0 Å². The predicted octanol–water partition coefficient (Wildman–Crippen LogP) is -0.599. The van der Waals surface area contributed by atoms with Gasteiger partial charge in [-0.2, -0.15) is 0 Å². The first kappa shape index (κ1) is 134. The number of hydrogen-bond donors (Lipinski definition) is 0. The summed E-state index contributed by atoms with van der Waals surface area (Å²) < 4.78 is 0. The van der Waals surface area contributed by atoms with Crippen LogP contribution in [-0.4, -0.2) is 0 Å². The van der Waals surface area contributed by atoms with Crippen LogP contribution in [0.1, 0.15) is 0 Å². The normalized spacial score (nSPS) is 0. The molecule has 5 nitrogen and oxygen atoms in total. The summed E-state index contributed by atoms with van der Waals surface area (Å²) in [5, 5.41) is 0. The van der Waals surface area contributed by atoms with Crippen LogP contribution >= 0.6 is 0 Å². The number of hydrogen-bond acceptors (Lipinski definition) is 0. The van der Waals surface area contributed by atoms with Gasteiger partial charge in [0, 0.05) is 80.8 Å². The summed E-state index contributed by atoms with van der Waals surface area (Å²) in [7, 11) is 0. The first-order chi connectivity index (χ1) is 0. The molecule has 0 aromatic heterocycles. The zero-order valence-electron chi connectivity index (χ0n) is 3.69. The Kier molecular flexibility index (Phi) is 1540. The van der Waals surface area contributed by atoms with E-state index in [9.17, 15) is 0 Å². The Hall–Kier alpha value is 3.51. The molecule has 0 bridgehead atoms. The largest absolute Gasteiger partial charge is 2.00 e. The van der Waals surface area contributed by atoms with E-state index in [-0.39, 0.29) is 142 Å². The second kappa shape index (κ2) is 103. The predicted molar refractivity (Wildman–Crippen MR) is 3.43 cm³/mol. The van der Waals surface area contributed by atoms with Crippen LogP contribution in [0.2, 0.25) is 0 Å². The third-order valence-electron chi connectivity index (χ3n) is 0. The fourth-order valence-corrected chi connectivity index (χ4v) is 0. The Morgan fingerprint density at radius 3 is 0.333 bits per heavy atom. The van der Waals surface area contributed by atoms with Gasteiger partial charge in [0.2, 0.25) is 0 Å². The average Bonchev–Trinajstić information content (AvgIpc) is 0. The van der Waals surface area contributed by atoms with E-state index in [1.165, 1.54) is 0 Å². The standard InChI is InChI=1S/2Mn.5O.2Pm/q2*+2;5*-2;;. The molecule has 0 atom stereocenters. The van der Waals surface area contributed by atoms with Gasteiger partial charge in [-0.3, -0.25) is 0 Å². The molecule has 0 fully saturated rings. The molecule has 0 aromatic carbocycles. The zero-order chi connectivity index (χ0) is 0. The molecule has 9 heavy (non-hydrogen) atoms. The van der Waals surface area contributed by atoms with Crippen LogP contribution in [0.4, 0.5) is 0 Å². The van der Waals surface area contributed by atoms with Crippen molar-refractivity contribution in [3.63, 3.8) is 0 Å². The zero-order valence-corrected chi connectivity index (χ0v) is 11.8. The molecule has 0 heterocycles. The molecule has 0 aliphatic carbocycles. The monoisotopic (exact) mass is 480 g/mol. The van der Waals surface area contributed by atoms with Crippen LogP contribution in [0, 0.1) is 80.8 Å². The molecular formula is Mn2O5Pm2-6. The van der Waals surface area contributed by atoms with Crippen molar-refractivity contribution in [2.45, 2.75) is 0 Å². The fraction of sp³-hybridized carbons (Fsp3) is 0. The SMILES string of the molecule is [Mn+2].[Mn+2].[O-2].[O-2].[O-2].[O-2].[O-2].[Pm].[Pm]. The van der Waals surface area contributed by atoms with E-state index in [4.69, 9.17) is 0 Å². The summed E-state index contributed by atoms with van der Waals surface area (Å²) in [5.41, 5.74) is 0. The Morgan fingerprint density at radius 1 is 0.333 bits per heavy atom. The maximum atomic E-state index is 0. The minimum absolute atomic E-state index is 0. The summed E-state index contributed by atoms with van der Waals surface area (Å²) in [6.45, 7) is 0. The van der Waals surface area contributed by atoms with Gasteiger partial charge in [-0.15, -0.1) is 0 Å². The van der Waals surface area contributed by atoms with Crippen LogP contribution in [-0.2, 0) is 61.5 Å². The second-order valence-electron chi connectivity index (χ2n) is 0. The van der Waals surface area contributed by atoms with Crippen molar-refractivity contribution in [2.75, 3.05) is 0 Å². The van der Waals surface area contributed by atoms with Gasteiger partial charge in [0.25, 0.3) is 0 Å². The van der Waals surface area contributed by atoms with Crippen LogP contribution in [0.3, 0.4) is 0 Å². The van der Waals surface area contributed by atoms with Gasteiger partial charge in [-0.05, 0) is 0 Å². The molecular weight excluding hydrogens is 480 g/mol. The molecule has 0 amide bonds. The molecule has 0 rings (SSSR count). The molecule has 0 aliphatic rings. The van der Waals surface area contributed by atoms with Crippen molar-refractivity contribution < 1.29 is 142 Å². The summed E-state index contributed by atoms with van der Waals surface area (Å²) in [6.07, 6.45) is 0. The molecule has 0 aliphatic heterocycles. The van der Waals surface area contributed by atoms with Crippen molar-refractivity contribution in [1.29, 1.82) is 0 Å². The van der Waals surface area contributed by atoms with E-state index in [1.807, 2.05) is 0 Å². The summed E-state index contributed by atoms with van der Waals surface area (Å²) in [4.78, 5) is 0. The van der Waals surface area contributed by atoms with Crippen molar-refractivity contribution >= 4 is 0 Å². The van der Waals surface area contributed by atoms with Gasteiger partial charge < -0.3 is 27.4 Å². The Labute approximate surface area is 139 Å². The molecule has 4 radical (unpaired) electrons. The molecule has 0 saturated heterocycles. The van der Waals surface area contributed by atoms with Crippen molar-refractivity contribution in [3.8, 4) is 0 Å². The van der Waals surface area contributed by atoms with E-state index < -0.39 is 0 Å². The maximum absolute atomic E-state index is 0. The number of rotatable bonds is 0. The van der Waals surface area contributed by atoms with Gasteiger partial charge in [0.15, 0.2) is 0 Å². The third kappa shape index (κ3) is 84.4. The minimum Gasteiger partial charge on any atom is -2.00 e. The minimum atomic E-state index is 0. The van der Waals surface area contributed by atoms with Crippen LogP contribution in [0.5, 0.6) is 0 Å². The van der Waals surface area contributed by atoms with Gasteiger partial charge in [-0.25, -0.2) is 0 Å². The molecule has 0 saturated carbocycles. The van der Waals surface area contributed by atoms with E-state index in [2.05, 4.69) is 0 Å². The average molecular weight is 480 g/mol. The van der Waals surface area contributed by atoms with E-state index in [0.717, 1.165) is 0 Å². The topological polar surface area (TPSA) is 142 Å². The molecule has 0 unspecified atom stereocenters. The fourth-order valence-electron chi connectivity index (χ4n) is 0. The smallest absolute Gasteiger partial charge is 2.00 e. The summed E-state index contributed by atoms with van der Waals surface area (Å²) in [5.74, 6) is 0. The summed E-state index contributed by atoms with van der Waals surface area (Å²) in [6, 6.07) is 0. The van der Waals surface area contributed by atoms with Crippen molar-refractivity contribution in [2.24, 2.45) is 0 Å². The second-order valence-corrected chi connectivity index (χ2v) is 0. The molecule has 0 aromatic rings. The van der Waals surface area contributed by atoms with E-state index in [0.29, 0.717) is 0 Å². The quantitative estimate of drug-likeness (QED) is 0.409. The Balaban J connectivity index is 0. The summed E-state index contributed by atoms with van der Waals surface area (Å²) >= 11 is 0. The third-order valence-corrected chi connectivity index (χ3v) is 0. The molecule has 9 heteroatoms.